The molecule has 2 aromatic rings. The number of amides is 1. The number of methoxy groups -OCH3 is 1. The Kier molecular flexibility index (Phi) is 4.51. The quantitative estimate of drug-likeness (QED) is 0.869. The van der Waals surface area contributed by atoms with Crippen LogP contribution in [0, 0.1) is 5.82 Å². The molecule has 3 rings (SSSR count). The zero-order chi connectivity index (χ0) is 17.1. The number of hydrogen-bond donors (Lipinski definition) is 1. The van der Waals surface area contributed by atoms with E-state index in [0.717, 1.165) is 23.3 Å². The highest BCUT2D eigenvalue weighted by Crippen LogP contribution is 2.35. The fourth-order valence-electron chi connectivity index (χ4n) is 2.64. The van der Waals surface area contributed by atoms with Gasteiger partial charge in [-0.3, -0.25) is 4.79 Å². The molecule has 0 saturated carbocycles. The minimum absolute atomic E-state index is 0.144. The molecule has 1 aliphatic heterocycles. The van der Waals surface area contributed by atoms with Crippen molar-refractivity contribution in [1.82, 2.24) is 0 Å². The largest absolute Gasteiger partial charge is 0.496 e. The predicted molar refractivity (Wildman–Crippen MR) is 90.9 cm³/mol. The standard InChI is InChI=1S/C19H18FNO3/c1-12-9-14-11-17(23-2)13(10-18(14)24-12)3-8-19(22)21-16-6-4-15(20)5-7-16/h3-8,10-12H,9H2,1-2H3,(H,21,22)/b8-3+. The monoisotopic (exact) mass is 327 g/mol. The maximum absolute atomic E-state index is 12.9. The fraction of sp³-hybridized carbons (Fsp3) is 0.211. The van der Waals surface area contributed by atoms with Gasteiger partial charge in [0, 0.05) is 29.3 Å². The van der Waals surface area contributed by atoms with E-state index in [4.69, 9.17) is 9.47 Å². The molecule has 124 valence electrons. The van der Waals surface area contributed by atoms with Gasteiger partial charge in [0.2, 0.25) is 5.91 Å². The van der Waals surface area contributed by atoms with Gasteiger partial charge in [-0.15, -0.1) is 0 Å². The Morgan fingerprint density at radius 3 is 2.79 bits per heavy atom. The van der Waals surface area contributed by atoms with Crippen LogP contribution in [-0.2, 0) is 11.2 Å². The highest BCUT2D eigenvalue weighted by atomic mass is 19.1. The maximum atomic E-state index is 12.9. The molecule has 1 heterocycles. The lowest BCUT2D eigenvalue weighted by molar-refractivity contribution is -0.111. The molecule has 4 nitrogen and oxygen atoms in total. The van der Waals surface area contributed by atoms with E-state index in [2.05, 4.69) is 5.32 Å². The van der Waals surface area contributed by atoms with Crippen LogP contribution in [0.15, 0.2) is 42.5 Å². The van der Waals surface area contributed by atoms with Crippen molar-refractivity contribution >= 4 is 17.7 Å². The summed E-state index contributed by atoms with van der Waals surface area (Å²) < 4.78 is 24.0. The second-order valence-electron chi connectivity index (χ2n) is 5.66. The van der Waals surface area contributed by atoms with E-state index in [0.29, 0.717) is 11.4 Å². The van der Waals surface area contributed by atoms with Crippen LogP contribution in [0.1, 0.15) is 18.1 Å². The molecule has 2 aromatic carbocycles. The van der Waals surface area contributed by atoms with Crippen molar-refractivity contribution in [2.24, 2.45) is 0 Å². The summed E-state index contributed by atoms with van der Waals surface area (Å²) in [7, 11) is 1.59. The number of hydrogen-bond acceptors (Lipinski definition) is 3. The van der Waals surface area contributed by atoms with Crippen LogP contribution in [0.4, 0.5) is 10.1 Å². The van der Waals surface area contributed by atoms with Crippen molar-refractivity contribution in [3.63, 3.8) is 0 Å². The number of ether oxygens (including phenoxy) is 2. The van der Waals surface area contributed by atoms with Gasteiger partial charge in [0.05, 0.1) is 7.11 Å². The van der Waals surface area contributed by atoms with Gasteiger partial charge in [0.25, 0.3) is 0 Å². The molecule has 0 aliphatic carbocycles. The molecule has 0 aromatic heterocycles. The van der Waals surface area contributed by atoms with Gasteiger partial charge in [0.1, 0.15) is 23.4 Å². The topological polar surface area (TPSA) is 47.6 Å². The number of nitrogens with one attached hydrogen (secondary N) is 1. The minimum Gasteiger partial charge on any atom is -0.496 e. The molecule has 1 N–H and O–H groups in total. The summed E-state index contributed by atoms with van der Waals surface area (Å²) in [5.41, 5.74) is 2.40. The highest BCUT2D eigenvalue weighted by Gasteiger charge is 2.21. The first kappa shape index (κ1) is 16.1. The molecule has 0 bridgehead atoms. The maximum Gasteiger partial charge on any atom is 0.248 e. The predicted octanol–water partition coefficient (Wildman–Crippen LogP) is 3.81. The normalized spacial score (nSPS) is 15.9. The Morgan fingerprint density at radius 1 is 1.33 bits per heavy atom. The number of anilines is 1. The van der Waals surface area contributed by atoms with Gasteiger partial charge in [-0.1, -0.05) is 0 Å². The Hall–Kier alpha value is -2.82. The summed E-state index contributed by atoms with van der Waals surface area (Å²) in [5, 5.41) is 2.67. The Balaban J connectivity index is 1.75. The van der Waals surface area contributed by atoms with E-state index < -0.39 is 0 Å². The lowest BCUT2D eigenvalue weighted by Gasteiger charge is -2.08. The third-order valence-electron chi connectivity index (χ3n) is 3.77. The van der Waals surface area contributed by atoms with E-state index in [1.165, 1.54) is 30.3 Å². The van der Waals surface area contributed by atoms with Crippen molar-refractivity contribution in [1.29, 1.82) is 0 Å². The van der Waals surface area contributed by atoms with Gasteiger partial charge in [-0.2, -0.15) is 0 Å². The van der Waals surface area contributed by atoms with E-state index in [-0.39, 0.29) is 17.8 Å². The molecule has 0 spiro atoms. The molecule has 1 unspecified atom stereocenters. The Labute approximate surface area is 139 Å². The zero-order valence-electron chi connectivity index (χ0n) is 13.5. The van der Waals surface area contributed by atoms with Gasteiger partial charge in [-0.05, 0) is 49.4 Å². The lowest BCUT2D eigenvalue weighted by Crippen LogP contribution is -2.07. The molecule has 0 saturated heterocycles. The summed E-state index contributed by atoms with van der Waals surface area (Å²) in [6, 6.07) is 9.41. The second kappa shape index (κ2) is 6.74. The number of fused-ring (bicyclic) bond motifs is 1. The van der Waals surface area contributed by atoms with Crippen molar-refractivity contribution in [3.8, 4) is 11.5 Å². The number of carbonyl (C=O) groups excluding carboxylic acids is 1. The number of halogens is 1. The number of benzene rings is 2. The van der Waals surface area contributed by atoms with Gasteiger partial charge >= 0.3 is 0 Å². The molecule has 0 fully saturated rings. The number of carbonyl (C=O) groups is 1. The zero-order valence-corrected chi connectivity index (χ0v) is 13.5. The van der Waals surface area contributed by atoms with Gasteiger partial charge < -0.3 is 14.8 Å². The Bertz CT molecular complexity index is 784. The van der Waals surface area contributed by atoms with E-state index in [1.54, 1.807) is 13.2 Å². The van der Waals surface area contributed by atoms with Crippen molar-refractivity contribution in [3.05, 3.63) is 59.4 Å². The van der Waals surface area contributed by atoms with Crippen LogP contribution < -0.4 is 14.8 Å². The first-order valence-electron chi connectivity index (χ1n) is 7.67. The average molecular weight is 327 g/mol. The first-order valence-corrected chi connectivity index (χ1v) is 7.67. The molecule has 1 atom stereocenters. The van der Waals surface area contributed by atoms with Crippen LogP contribution in [0.5, 0.6) is 11.5 Å². The molecule has 1 aliphatic rings. The molecule has 1 amide bonds. The summed E-state index contributed by atoms with van der Waals surface area (Å²) >= 11 is 0. The highest BCUT2D eigenvalue weighted by molar-refractivity contribution is 6.02. The first-order chi connectivity index (χ1) is 11.5. The lowest BCUT2D eigenvalue weighted by atomic mass is 10.1. The van der Waals surface area contributed by atoms with Crippen LogP contribution in [0.2, 0.25) is 0 Å². The van der Waals surface area contributed by atoms with E-state index in [1.807, 2.05) is 19.1 Å². The molecular weight excluding hydrogens is 309 g/mol. The summed E-state index contributed by atoms with van der Waals surface area (Å²) in [5.74, 6) is 0.860. The molecular formula is C19H18FNO3. The Morgan fingerprint density at radius 2 is 2.08 bits per heavy atom. The molecule has 5 heteroatoms. The molecule has 24 heavy (non-hydrogen) atoms. The second-order valence-corrected chi connectivity index (χ2v) is 5.66. The minimum atomic E-state index is -0.347. The summed E-state index contributed by atoms with van der Waals surface area (Å²) in [4.78, 5) is 12.0. The third kappa shape index (κ3) is 3.56. The van der Waals surface area contributed by atoms with Gasteiger partial charge in [0.15, 0.2) is 0 Å². The summed E-state index contributed by atoms with van der Waals surface area (Å²) in [6.07, 6.45) is 4.07. The van der Waals surface area contributed by atoms with Crippen LogP contribution >= 0.6 is 0 Å². The average Bonchev–Trinajstić information content (AvgIpc) is 2.93. The van der Waals surface area contributed by atoms with E-state index in [9.17, 15) is 9.18 Å². The SMILES string of the molecule is COc1cc2c(cc1/C=C/C(=O)Nc1ccc(F)cc1)OC(C)C2. The van der Waals surface area contributed by atoms with Crippen molar-refractivity contribution < 1.29 is 18.7 Å². The van der Waals surface area contributed by atoms with Crippen molar-refractivity contribution in [2.45, 2.75) is 19.4 Å². The van der Waals surface area contributed by atoms with Crippen LogP contribution in [0.3, 0.4) is 0 Å². The van der Waals surface area contributed by atoms with Crippen LogP contribution in [-0.4, -0.2) is 19.1 Å². The van der Waals surface area contributed by atoms with Gasteiger partial charge in [-0.25, -0.2) is 4.39 Å². The molecule has 0 radical (unpaired) electrons. The summed E-state index contributed by atoms with van der Waals surface area (Å²) in [6.45, 7) is 2.01. The van der Waals surface area contributed by atoms with E-state index >= 15 is 0 Å². The fourth-order valence-corrected chi connectivity index (χ4v) is 2.64. The third-order valence-corrected chi connectivity index (χ3v) is 3.77. The number of rotatable bonds is 4. The van der Waals surface area contributed by atoms with Crippen LogP contribution in [0.25, 0.3) is 6.08 Å². The smallest absolute Gasteiger partial charge is 0.248 e. The van der Waals surface area contributed by atoms with Crippen molar-refractivity contribution in [2.75, 3.05) is 12.4 Å².